The molecule has 1 aromatic heterocycles. The summed E-state index contributed by atoms with van der Waals surface area (Å²) in [4.78, 5) is 6.42. The van der Waals surface area contributed by atoms with E-state index in [-0.39, 0.29) is 11.9 Å². The molecular weight excluding hydrogens is 305 g/mol. The summed E-state index contributed by atoms with van der Waals surface area (Å²) in [6.07, 6.45) is 3.35. The van der Waals surface area contributed by atoms with Crippen molar-refractivity contribution in [2.75, 3.05) is 23.7 Å². The van der Waals surface area contributed by atoms with Crippen LogP contribution in [-0.4, -0.2) is 24.2 Å². The minimum absolute atomic E-state index is 0.0746. The molecule has 1 aromatic carbocycles. The quantitative estimate of drug-likeness (QED) is 0.940. The van der Waals surface area contributed by atoms with Crippen LogP contribution in [0, 0.1) is 5.82 Å². The van der Waals surface area contributed by atoms with Gasteiger partial charge in [0, 0.05) is 32.0 Å². The highest BCUT2D eigenvalue weighted by atomic mass is 35.5. The molecule has 0 saturated carbocycles. The molecule has 1 saturated heterocycles. The Morgan fingerprint density at radius 3 is 2.73 bits per heavy atom. The first-order valence-corrected chi connectivity index (χ1v) is 7.58. The normalized spacial score (nSPS) is 15.8. The summed E-state index contributed by atoms with van der Waals surface area (Å²) in [5, 5.41) is 0.560. The zero-order valence-electron chi connectivity index (χ0n) is 12.0. The number of nitrogens with two attached hydrogens (primary N) is 1. The summed E-state index contributed by atoms with van der Waals surface area (Å²) in [6, 6.07) is 7.94. The maximum Gasteiger partial charge on any atom is 0.147 e. The first-order valence-electron chi connectivity index (χ1n) is 7.20. The van der Waals surface area contributed by atoms with Crippen LogP contribution in [0.4, 0.5) is 15.9 Å². The molecular formula is C16H17ClFN3O. The number of halogens is 2. The molecule has 0 radical (unpaired) electrons. The van der Waals surface area contributed by atoms with Gasteiger partial charge in [0.05, 0.1) is 16.9 Å². The predicted octanol–water partition coefficient (Wildman–Crippen LogP) is 3.50. The van der Waals surface area contributed by atoms with Crippen LogP contribution < -0.4 is 15.4 Å². The summed E-state index contributed by atoms with van der Waals surface area (Å²) in [6.45, 7) is 1.58. The number of pyridine rings is 1. The first-order chi connectivity index (χ1) is 10.6. The van der Waals surface area contributed by atoms with Gasteiger partial charge in [0.1, 0.15) is 23.5 Å². The Hall–Kier alpha value is -2.01. The van der Waals surface area contributed by atoms with Gasteiger partial charge in [-0.1, -0.05) is 17.7 Å². The van der Waals surface area contributed by atoms with E-state index in [2.05, 4.69) is 9.88 Å². The number of anilines is 2. The molecule has 116 valence electrons. The van der Waals surface area contributed by atoms with Gasteiger partial charge in [-0.25, -0.2) is 9.37 Å². The topological polar surface area (TPSA) is 51.4 Å². The highest BCUT2D eigenvalue weighted by Gasteiger charge is 2.23. The number of rotatable bonds is 3. The molecule has 0 spiro atoms. The Morgan fingerprint density at radius 1 is 1.27 bits per heavy atom. The number of aromatic nitrogens is 1. The van der Waals surface area contributed by atoms with Crippen molar-refractivity contribution in [1.82, 2.24) is 4.98 Å². The monoisotopic (exact) mass is 321 g/mol. The number of hydrogen-bond donors (Lipinski definition) is 1. The van der Waals surface area contributed by atoms with Crippen LogP contribution >= 0.6 is 11.6 Å². The molecule has 3 rings (SSSR count). The molecule has 0 aliphatic carbocycles. The largest absolute Gasteiger partial charge is 0.490 e. The molecule has 6 heteroatoms. The van der Waals surface area contributed by atoms with Gasteiger partial charge in [0.15, 0.2) is 0 Å². The molecule has 1 aliphatic rings. The summed E-state index contributed by atoms with van der Waals surface area (Å²) >= 11 is 6.19. The smallest absolute Gasteiger partial charge is 0.147 e. The van der Waals surface area contributed by atoms with Crippen LogP contribution in [0.5, 0.6) is 5.75 Å². The van der Waals surface area contributed by atoms with E-state index in [0.29, 0.717) is 16.5 Å². The van der Waals surface area contributed by atoms with Crippen LogP contribution in [0.1, 0.15) is 12.8 Å². The molecule has 0 bridgehead atoms. The van der Waals surface area contributed by atoms with Gasteiger partial charge >= 0.3 is 0 Å². The van der Waals surface area contributed by atoms with E-state index in [0.717, 1.165) is 31.7 Å². The molecule has 0 unspecified atom stereocenters. The average Bonchev–Trinajstić information content (AvgIpc) is 2.48. The highest BCUT2D eigenvalue weighted by molar-refractivity contribution is 6.33. The summed E-state index contributed by atoms with van der Waals surface area (Å²) in [5.41, 5.74) is 6.21. The first kappa shape index (κ1) is 14.9. The van der Waals surface area contributed by atoms with Gasteiger partial charge in [-0.05, 0) is 18.2 Å². The zero-order chi connectivity index (χ0) is 15.5. The Labute approximate surface area is 133 Å². The third-order valence-electron chi connectivity index (χ3n) is 3.68. The van der Waals surface area contributed by atoms with E-state index >= 15 is 0 Å². The van der Waals surface area contributed by atoms with Gasteiger partial charge in [-0.2, -0.15) is 0 Å². The van der Waals surface area contributed by atoms with Crippen LogP contribution in [0.25, 0.3) is 0 Å². The Bertz CT molecular complexity index is 660. The van der Waals surface area contributed by atoms with Crippen molar-refractivity contribution in [3.63, 3.8) is 0 Å². The average molecular weight is 322 g/mol. The minimum atomic E-state index is -0.284. The molecule has 1 aliphatic heterocycles. The van der Waals surface area contributed by atoms with E-state index in [1.165, 1.54) is 12.1 Å². The highest BCUT2D eigenvalue weighted by Crippen LogP contribution is 2.28. The molecule has 1 fully saturated rings. The summed E-state index contributed by atoms with van der Waals surface area (Å²) < 4.78 is 19.0. The number of nitrogen functional groups attached to an aromatic ring is 1. The Balaban J connectivity index is 1.60. The molecule has 2 heterocycles. The molecule has 0 atom stereocenters. The fourth-order valence-electron chi connectivity index (χ4n) is 2.60. The SMILES string of the molecule is Nc1cnc(N2CCC(Oc3cccc(F)c3)CC2)c(Cl)c1. The maximum atomic E-state index is 13.2. The minimum Gasteiger partial charge on any atom is -0.490 e. The van der Waals surface area contributed by atoms with Crippen molar-refractivity contribution in [2.24, 2.45) is 0 Å². The Kier molecular flexibility index (Phi) is 4.34. The zero-order valence-corrected chi connectivity index (χ0v) is 12.8. The molecule has 0 amide bonds. The number of ether oxygens (including phenoxy) is 1. The van der Waals surface area contributed by atoms with Crippen molar-refractivity contribution in [3.8, 4) is 5.75 Å². The van der Waals surface area contributed by atoms with Gasteiger partial charge in [0.2, 0.25) is 0 Å². The van der Waals surface area contributed by atoms with Crippen molar-refractivity contribution in [2.45, 2.75) is 18.9 Å². The van der Waals surface area contributed by atoms with Gasteiger partial charge in [-0.15, -0.1) is 0 Å². The lowest BCUT2D eigenvalue weighted by Crippen LogP contribution is -2.38. The van der Waals surface area contributed by atoms with Crippen LogP contribution in [0.15, 0.2) is 36.5 Å². The third kappa shape index (κ3) is 3.42. The number of hydrogen-bond acceptors (Lipinski definition) is 4. The lowest BCUT2D eigenvalue weighted by molar-refractivity contribution is 0.170. The van der Waals surface area contributed by atoms with Gasteiger partial charge < -0.3 is 15.4 Å². The molecule has 2 aromatic rings. The number of nitrogens with zero attached hydrogens (tertiary/aromatic N) is 2. The molecule has 4 nitrogen and oxygen atoms in total. The van der Waals surface area contributed by atoms with Crippen LogP contribution in [-0.2, 0) is 0 Å². The second kappa shape index (κ2) is 6.40. The second-order valence-corrected chi connectivity index (χ2v) is 5.74. The van der Waals surface area contributed by atoms with E-state index < -0.39 is 0 Å². The van der Waals surface area contributed by atoms with Crippen molar-refractivity contribution in [3.05, 3.63) is 47.4 Å². The number of benzene rings is 1. The third-order valence-corrected chi connectivity index (χ3v) is 3.96. The van der Waals surface area contributed by atoms with E-state index in [1.807, 2.05) is 0 Å². The standard InChI is InChI=1S/C16H17ClFN3O/c17-15-9-12(19)10-20-16(15)21-6-4-13(5-7-21)22-14-3-1-2-11(18)8-14/h1-3,8-10,13H,4-7,19H2. The molecule has 22 heavy (non-hydrogen) atoms. The van der Waals surface area contributed by atoms with Gasteiger partial charge in [-0.3, -0.25) is 0 Å². The Morgan fingerprint density at radius 2 is 2.05 bits per heavy atom. The number of piperidine rings is 1. The van der Waals surface area contributed by atoms with Crippen LogP contribution in [0.3, 0.4) is 0 Å². The second-order valence-electron chi connectivity index (χ2n) is 5.34. The van der Waals surface area contributed by atoms with Crippen molar-refractivity contribution >= 4 is 23.1 Å². The predicted molar refractivity (Wildman–Crippen MR) is 85.9 cm³/mol. The van der Waals surface area contributed by atoms with Crippen LogP contribution in [0.2, 0.25) is 5.02 Å². The van der Waals surface area contributed by atoms with Crippen molar-refractivity contribution in [1.29, 1.82) is 0 Å². The summed E-state index contributed by atoms with van der Waals surface area (Å²) in [7, 11) is 0. The molecule has 2 N–H and O–H groups in total. The van der Waals surface area contributed by atoms with Gasteiger partial charge in [0.25, 0.3) is 0 Å². The summed E-state index contributed by atoms with van der Waals surface area (Å²) in [5.74, 6) is 1.04. The van der Waals surface area contributed by atoms with E-state index in [4.69, 9.17) is 22.1 Å². The van der Waals surface area contributed by atoms with E-state index in [9.17, 15) is 4.39 Å². The lowest BCUT2D eigenvalue weighted by Gasteiger charge is -2.33. The maximum absolute atomic E-state index is 13.2. The van der Waals surface area contributed by atoms with E-state index in [1.54, 1.807) is 24.4 Å². The lowest BCUT2D eigenvalue weighted by atomic mass is 10.1. The van der Waals surface area contributed by atoms with Crippen molar-refractivity contribution < 1.29 is 9.13 Å². The fourth-order valence-corrected chi connectivity index (χ4v) is 2.89. The fraction of sp³-hybridized carbons (Fsp3) is 0.312.